The lowest BCUT2D eigenvalue weighted by Crippen LogP contribution is -3.00. The van der Waals surface area contributed by atoms with Crippen LogP contribution in [0.25, 0.3) is 0 Å². The van der Waals surface area contributed by atoms with Crippen molar-refractivity contribution in [3.63, 3.8) is 0 Å². The van der Waals surface area contributed by atoms with E-state index in [9.17, 15) is 0 Å². The van der Waals surface area contributed by atoms with Gasteiger partial charge in [-0.2, -0.15) is 0 Å². The van der Waals surface area contributed by atoms with Crippen molar-refractivity contribution in [3.05, 3.63) is 60.2 Å². The molecule has 0 aliphatic carbocycles. The van der Waals surface area contributed by atoms with Crippen molar-refractivity contribution in [2.45, 2.75) is 65.5 Å². The maximum absolute atomic E-state index is 3.17. The van der Waals surface area contributed by atoms with Gasteiger partial charge in [-0.05, 0) is 49.7 Å². The van der Waals surface area contributed by atoms with Gasteiger partial charge in [-0.15, -0.1) is 0 Å². The molecule has 4 heteroatoms. The van der Waals surface area contributed by atoms with Gasteiger partial charge in [-0.3, -0.25) is 0 Å². The average Bonchev–Trinajstić information content (AvgIpc) is 2.65. The fourth-order valence-electron chi connectivity index (χ4n) is 2.59. The Bertz CT molecular complexity index is 706. The summed E-state index contributed by atoms with van der Waals surface area (Å²) in [4.78, 5) is 0. The van der Waals surface area contributed by atoms with Gasteiger partial charge >= 0.3 is 0 Å². The second-order valence-electron chi connectivity index (χ2n) is 6.74. The maximum atomic E-state index is 3.17. The minimum Gasteiger partial charge on any atom is -1.00 e. The highest BCUT2D eigenvalue weighted by Crippen LogP contribution is 1.96. The van der Waals surface area contributed by atoms with Gasteiger partial charge < -0.3 is 34.0 Å². The molecule has 0 aliphatic heterocycles. The zero-order chi connectivity index (χ0) is 18.5. The molecule has 0 saturated carbocycles. The van der Waals surface area contributed by atoms with E-state index in [0.29, 0.717) is 0 Å². The summed E-state index contributed by atoms with van der Waals surface area (Å²) < 4.78 is 4.46. The van der Waals surface area contributed by atoms with Gasteiger partial charge in [0.05, 0.1) is 0 Å². The summed E-state index contributed by atoms with van der Waals surface area (Å²) in [6, 6.07) is 8.59. The first-order chi connectivity index (χ1) is 12.7. The summed E-state index contributed by atoms with van der Waals surface area (Å²) in [5, 5.41) is 0. The van der Waals surface area contributed by atoms with Gasteiger partial charge in [0, 0.05) is 49.9 Å². The maximum Gasteiger partial charge on any atom is 0.169 e. The Morgan fingerprint density at radius 1 is 0.607 bits per heavy atom. The van der Waals surface area contributed by atoms with Crippen LogP contribution in [-0.4, -0.2) is 0 Å². The van der Waals surface area contributed by atoms with E-state index in [2.05, 4.69) is 95.7 Å². The predicted molar refractivity (Wildman–Crippen MR) is 106 cm³/mol. The molecule has 0 amide bonds. The molecule has 0 aliphatic rings. The van der Waals surface area contributed by atoms with Crippen molar-refractivity contribution in [2.24, 2.45) is 0 Å². The number of unbranched alkanes of at least 4 members (excludes halogenated alkanes) is 4. The van der Waals surface area contributed by atoms with Gasteiger partial charge in [0.1, 0.15) is 13.1 Å². The third kappa shape index (κ3) is 12.0. The average molecular weight is 506 g/mol. The molecule has 0 N–H and O–H groups in total. The van der Waals surface area contributed by atoms with E-state index in [1.807, 2.05) is 0 Å². The Labute approximate surface area is 191 Å². The molecule has 0 fully saturated rings. The molecular weight excluding hydrogens is 476 g/mol. The van der Waals surface area contributed by atoms with Crippen LogP contribution >= 0.6 is 0 Å². The molecule has 2 aromatic heterocycles. The number of hydrogen-bond donors (Lipinski definition) is 0. The van der Waals surface area contributed by atoms with Crippen LogP contribution in [0.3, 0.4) is 0 Å². The first kappa shape index (κ1) is 26.4. The van der Waals surface area contributed by atoms with Crippen LogP contribution in [0.5, 0.6) is 0 Å². The minimum atomic E-state index is 0. The van der Waals surface area contributed by atoms with Crippen LogP contribution in [0.1, 0.15) is 49.7 Å². The molecule has 150 valence electrons. The Hall–Kier alpha value is -1.62. The predicted octanol–water partition coefficient (Wildman–Crippen LogP) is -2.07. The van der Waals surface area contributed by atoms with E-state index in [-0.39, 0.29) is 34.0 Å². The van der Waals surface area contributed by atoms with E-state index in [4.69, 9.17) is 0 Å². The second-order valence-corrected chi connectivity index (χ2v) is 6.74. The van der Waals surface area contributed by atoms with Crippen molar-refractivity contribution in [3.8, 4) is 23.7 Å². The van der Waals surface area contributed by atoms with Crippen molar-refractivity contribution < 1.29 is 43.1 Å². The highest BCUT2D eigenvalue weighted by molar-refractivity contribution is 5.25. The summed E-state index contributed by atoms with van der Waals surface area (Å²) in [5.41, 5.74) is 2.61. The van der Waals surface area contributed by atoms with Crippen molar-refractivity contribution >= 4 is 0 Å². The zero-order valence-corrected chi connectivity index (χ0v) is 20.1. The molecule has 0 saturated heterocycles. The van der Waals surface area contributed by atoms with E-state index < -0.39 is 0 Å². The standard InChI is InChI=1S/C24H30N2.2BrH/c1-23-13-19-25(20-14-23)17-11-9-7-5-3-4-6-8-10-12-18-26-21-15-24(2)16-22-26;;/h13-16,19-22H,7-12,17-18H2,1-2H3;2*1H/q+2;;/p-2. The van der Waals surface area contributed by atoms with Gasteiger partial charge in [0.25, 0.3) is 0 Å². The largest absolute Gasteiger partial charge is 1.00 e. The van der Waals surface area contributed by atoms with Crippen molar-refractivity contribution in [2.75, 3.05) is 0 Å². The smallest absolute Gasteiger partial charge is 0.169 e. The third-order valence-corrected chi connectivity index (χ3v) is 4.29. The monoisotopic (exact) mass is 504 g/mol. The lowest BCUT2D eigenvalue weighted by atomic mass is 10.2. The van der Waals surface area contributed by atoms with E-state index in [1.54, 1.807) is 0 Å². The van der Waals surface area contributed by atoms with Gasteiger partial charge in [-0.1, -0.05) is 11.8 Å². The van der Waals surface area contributed by atoms with Crippen LogP contribution in [0, 0.1) is 37.5 Å². The number of halogens is 2. The second kappa shape index (κ2) is 16.3. The topological polar surface area (TPSA) is 7.76 Å². The minimum absolute atomic E-state index is 0. The van der Waals surface area contributed by atoms with Crippen LogP contribution in [-0.2, 0) is 13.1 Å². The SMILES string of the molecule is Cc1cc[n+](CCCCC#CC#CCCCC[n+]2ccc(C)cc2)cc1.[Br-].[Br-]. The summed E-state index contributed by atoms with van der Waals surface area (Å²) in [6.07, 6.45) is 15.0. The third-order valence-electron chi connectivity index (χ3n) is 4.29. The lowest BCUT2D eigenvalue weighted by molar-refractivity contribution is -0.697. The fourth-order valence-corrected chi connectivity index (χ4v) is 2.59. The molecule has 0 spiro atoms. The molecule has 0 radical (unpaired) electrons. The molecule has 0 atom stereocenters. The zero-order valence-electron chi connectivity index (χ0n) is 16.9. The number of pyridine rings is 2. The van der Waals surface area contributed by atoms with Gasteiger partial charge in [-0.25, -0.2) is 9.13 Å². The lowest BCUT2D eigenvalue weighted by Gasteiger charge is -1.95. The molecule has 28 heavy (non-hydrogen) atoms. The molecule has 0 bridgehead atoms. The Kier molecular flexibility index (Phi) is 15.4. The van der Waals surface area contributed by atoms with Gasteiger partial charge in [0.2, 0.25) is 0 Å². The van der Waals surface area contributed by atoms with E-state index >= 15 is 0 Å². The molecule has 2 rings (SSSR count). The first-order valence-corrected chi connectivity index (χ1v) is 9.61. The molecule has 0 unspecified atom stereocenters. The normalized spacial score (nSPS) is 9.07. The first-order valence-electron chi connectivity index (χ1n) is 9.61. The van der Waals surface area contributed by atoms with E-state index in [1.165, 1.54) is 11.1 Å². The molecule has 2 aromatic rings. The summed E-state index contributed by atoms with van der Waals surface area (Å²) in [7, 11) is 0. The number of aromatic nitrogens is 2. The van der Waals surface area contributed by atoms with Crippen LogP contribution in [0.2, 0.25) is 0 Å². The molecule has 0 aromatic carbocycles. The van der Waals surface area contributed by atoms with Crippen molar-refractivity contribution in [1.82, 2.24) is 0 Å². The highest BCUT2D eigenvalue weighted by Gasteiger charge is 1.98. The fraction of sp³-hybridized carbons (Fsp3) is 0.417. The Morgan fingerprint density at radius 3 is 1.32 bits per heavy atom. The molecule has 2 nitrogen and oxygen atoms in total. The highest BCUT2D eigenvalue weighted by atomic mass is 79.9. The summed E-state index contributed by atoms with van der Waals surface area (Å²) >= 11 is 0. The van der Waals surface area contributed by atoms with Crippen LogP contribution < -0.4 is 43.1 Å². The van der Waals surface area contributed by atoms with E-state index in [0.717, 1.165) is 51.6 Å². The Morgan fingerprint density at radius 2 is 0.964 bits per heavy atom. The number of hydrogen-bond acceptors (Lipinski definition) is 0. The van der Waals surface area contributed by atoms with Gasteiger partial charge in [0.15, 0.2) is 24.8 Å². The summed E-state index contributed by atoms with van der Waals surface area (Å²) in [5.74, 6) is 12.3. The quantitative estimate of drug-likeness (QED) is 0.221. The van der Waals surface area contributed by atoms with Crippen LogP contribution in [0.4, 0.5) is 0 Å². The molecular formula is C24H30Br2N2. The number of aryl methyl sites for hydroxylation is 4. The van der Waals surface area contributed by atoms with Crippen LogP contribution in [0.15, 0.2) is 49.1 Å². The summed E-state index contributed by atoms with van der Waals surface area (Å²) in [6.45, 7) is 6.35. The molecule has 2 heterocycles. The van der Waals surface area contributed by atoms with Crippen molar-refractivity contribution in [1.29, 1.82) is 0 Å². The Balaban J connectivity index is 0.00000364. The number of rotatable bonds is 8. The number of nitrogens with zero attached hydrogens (tertiary/aromatic N) is 2.